The molecule has 0 bridgehead atoms. The van der Waals surface area contributed by atoms with Crippen LogP contribution in [0.25, 0.3) is 0 Å². The van der Waals surface area contributed by atoms with Crippen molar-refractivity contribution in [2.75, 3.05) is 7.11 Å². The van der Waals surface area contributed by atoms with Gasteiger partial charge in [-0.05, 0) is 37.1 Å². The number of benzene rings is 2. The van der Waals surface area contributed by atoms with Gasteiger partial charge in [0.05, 0.1) is 7.11 Å². The van der Waals surface area contributed by atoms with Gasteiger partial charge >= 0.3 is 0 Å². The Morgan fingerprint density at radius 1 is 1.23 bits per heavy atom. The molecule has 6 heteroatoms. The number of nitrogens with zero attached hydrogens (tertiary/aromatic N) is 2. The van der Waals surface area contributed by atoms with Gasteiger partial charge in [-0.1, -0.05) is 30.3 Å². The number of hydrogen-bond acceptors (Lipinski definition) is 5. The first-order valence-electron chi connectivity index (χ1n) is 8.45. The van der Waals surface area contributed by atoms with E-state index in [4.69, 9.17) is 4.74 Å². The molecule has 3 rings (SSSR count). The van der Waals surface area contributed by atoms with Crippen molar-refractivity contribution in [2.45, 2.75) is 31.9 Å². The van der Waals surface area contributed by atoms with Crippen molar-refractivity contribution in [2.24, 2.45) is 5.10 Å². The molecule has 1 heterocycles. The van der Waals surface area contributed by atoms with Crippen molar-refractivity contribution in [1.29, 1.82) is 0 Å². The van der Waals surface area contributed by atoms with Crippen molar-refractivity contribution < 1.29 is 19.7 Å². The molecule has 2 aromatic carbocycles. The molecular weight excluding hydrogens is 332 g/mol. The Balaban J connectivity index is 1.79. The third-order valence-corrected chi connectivity index (χ3v) is 4.51. The lowest BCUT2D eigenvalue weighted by Gasteiger charge is -2.31. The molecule has 26 heavy (non-hydrogen) atoms. The number of ether oxygens (including phenoxy) is 1. The number of hydrazone groups is 1. The zero-order valence-electron chi connectivity index (χ0n) is 14.8. The first kappa shape index (κ1) is 17.9. The molecular formula is C20H22N2O4. The number of aliphatic hydroxyl groups is 1. The molecule has 1 aliphatic heterocycles. The van der Waals surface area contributed by atoms with Gasteiger partial charge in [-0.2, -0.15) is 10.1 Å². The van der Waals surface area contributed by atoms with Crippen LogP contribution in [0.2, 0.25) is 0 Å². The zero-order valence-corrected chi connectivity index (χ0v) is 14.8. The van der Waals surface area contributed by atoms with Crippen LogP contribution >= 0.6 is 0 Å². The zero-order chi connectivity index (χ0) is 18.7. The van der Waals surface area contributed by atoms with E-state index in [0.29, 0.717) is 29.0 Å². The van der Waals surface area contributed by atoms with Crippen LogP contribution in [0.4, 0.5) is 0 Å². The van der Waals surface area contributed by atoms with E-state index in [9.17, 15) is 15.0 Å². The number of phenolic OH excluding ortho intramolecular Hbond substituents is 1. The number of methoxy groups -OCH3 is 1. The molecule has 2 N–H and O–H groups in total. The monoisotopic (exact) mass is 354 g/mol. The lowest BCUT2D eigenvalue weighted by atomic mass is 9.97. The summed E-state index contributed by atoms with van der Waals surface area (Å²) >= 11 is 0. The number of hydrogen-bond donors (Lipinski definition) is 2. The molecule has 0 aliphatic carbocycles. The number of para-hydroxylation sites is 1. The maximum absolute atomic E-state index is 12.7. The van der Waals surface area contributed by atoms with Crippen molar-refractivity contribution in [3.8, 4) is 11.5 Å². The smallest absolute Gasteiger partial charge is 0.245 e. The average molecular weight is 354 g/mol. The van der Waals surface area contributed by atoms with Crippen molar-refractivity contribution >= 4 is 11.6 Å². The molecule has 1 aliphatic rings. The summed E-state index contributed by atoms with van der Waals surface area (Å²) in [4.78, 5) is 12.7. The summed E-state index contributed by atoms with van der Waals surface area (Å²) in [7, 11) is 1.57. The quantitative estimate of drug-likeness (QED) is 0.865. The molecule has 2 aromatic rings. The molecule has 0 spiro atoms. The van der Waals surface area contributed by atoms with Crippen molar-refractivity contribution in [3.63, 3.8) is 0 Å². The minimum Gasteiger partial charge on any atom is -0.508 e. The maximum Gasteiger partial charge on any atom is 0.245 e. The molecule has 6 nitrogen and oxygen atoms in total. The Morgan fingerprint density at radius 3 is 2.58 bits per heavy atom. The second-order valence-corrected chi connectivity index (χ2v) is 6.39. The lowest BCUT2D eigenvalue weighted by Crippen LogP contribution is -2.43. The fraction of sp³-hybridized carbons (Fsp3) is 0.300. The molecule has 0 radical (unpaired) electrons. The van der Waals surface area contributed by atoms with E-state index >= 15 is 0 Å². The van der Waals surface area contributed by atoms with Gasteiger partial charge in [0.25, 0.3) is 0 Å². The summed E-state index contributed by atoms with van der Waals surface area (Å²) in [6.45, 7) is 1.78. The van der Waals surface area contributed by atoms with Gasteiger partial charge in [0.15, 0.2) is 5.72 Å². The molecule has 136 valence electrons. The fourth-order valence-electron chi connectivity index (χ4n) is 3.13. The Bertz CT molecular complexity index is 832. The Hall–Kier alpha value is -2.86. The second kappa shape index (κ2) is 7.17. The van der Waals surface area contributed by atoms with Crippen molar-refractivity contribution in [3.05, 3.63) is 59.7 Å². The maximum atomic E-state index is 12.7. The van der Waals surface area contributed by atoms with Crippen molar-refractivity contribution in [1.82, 2.24) is 5.01 Å². The van der Waals surface area contributed by atoms with Gasteiger partial charge in [0, 0.05) is 24.1 Å². The van der Waals surface area contributed by atoms with E-state index in [2.05, 4.69) is 5.10 Å². The van der Waals surface area contributed by atoms with E-state index in [1.165, 1.54) is 0 Å². The number of amides is 1. The van der Waals surface area contributed by atoms with Crippen LogP contribution in [0.15, 0.2) is 53.6 Å². The Morgan fingerprint density at radius 2 is 1.92 bits per heavy atom. The van der Waals surface area contributed by atoms with E-state index in [0.717, 1.165) is 5.01 Å². The first-order valence-corrected chi connectivity index (χ1v) is 8.45. The van der Waals surface area contributed by atoms with Crippen LogP contribution in [0, 0.1) is 0 Å². The van der Waals surface area contributed by atoms with Gasteiger partial charge in [-0.15, -0.1) is 0 Å². The Labute approximate surface area is 152 Å². The van der Waals surface area contributed by atoms with Gasteiger partial charge in [-0.25, -0.2) is 0 Å². The summed E-state index contributed by atoms with van der Waals surface area (Å²) in [5.74, 6) is 0.528. The SMILES string of the molecule is COc1ccc([C@]2(O)CC(C)=NN2C(=O)CCc2ccccc2O)cc1. The first-order chi connectivity index (χ1) is 12.4. The van der Waals surface area contributed by atoms with Crippen LogP contribution < -0.4 is 4.74 Å². The average Bonchev–Trinajstić information content (AvgIpc) is 2.96. The lowest BCUT2D eigenvalue weighted by molar-refractivity contribution is -0.157. The third-order valence-electron chi connectivity index (χ3n) is 4.51. The normalized spacial score (nSPS) is 19.3. The predicted molar refractivity (Wildman–Crippen MR) is 97.9 cm³/mol. The van der Waals surface area contributed by atoms with E-state index in [1.807, 2.05) is 6.07 Å². The molecule has 1 atom stereocenters. The molecule has 0 saturated carbocycles. The minimum absolute atomic E-state index is 0.132. The number of carbonyl (C=O) groups excluding carboxylic acids is 1. The van der Waals surface area contributed by atoms with Crippen LogP contribution in [-0.2, 0) is 16.9 Å². The second-order valence-electron chi connectivity index (χ2n) is 6.39. The van der Waals surface area contributed by atoms with Gasteiger partial charge in [0.2, 0.25) is 5.91 Å². The summed E-state index contributed by atoms with van der Waals surface area (Å²) in [5, 5.41) is 26.4. The third kappa shape index (κ3) is 3.41. The van der Waals surface area contributed by atoms with Crippen LogP contribution in [0.1, 0.15) is 30.9 Å². The fourth-order valence-corrected chi connectivity index (χ4v) is 3.13. The number of aryl methyl sites for hydroxylation is 1. The van der Waals surface area contributed by atoms with Crippen LogP contribution in [0.3, 0.4) is 0 Å². The predicted octanol–water partition coefficient (Wildman–Crippen LogP) is 2.79. The Kier molecular flexibility index (Phi) is 4.95. The van der Waals surface area contributed by atoms with E-state index in [-0.39, 0.29) is 24.5 Å². The highest BCUT2D eigenvalue weighted by Crippen LogP contribution is 2.36. The summed E-state index contributed by atoms with van der Waals surface area (Å²) in [5.41, 5.74) is 0.439. The summed E-state index contributed by atoms with van der Waals surface area (Å²) in [6.07, 6.45) is 0.754. The molecule has 1 amide bonds. The van der Waals surface area contributed by atoms with Crippen LogP contribution in [0.5, 0.6) is 11.5 Å². The minimum atomic E-state index is -1.51. The van der Waals surface area contributed by atoms with Gasteiger partial charge in [-0.3, -0.25) is 4.79 Å². The van der Waals surface area contributed by atoms with Gasteiger partial charge in [0.1, 0.15) is 11.5 Å². The number of phenols is 1. The molecule has 0 unspecified atom stereocenters. The molecule has 0 saturated heterocycles. The number of carbonyl (C=O) groups is 1. The summed E-state index contributed by atoms with van der Waals surface area (Å²) < 4.78 is 5.14. The molecule has 0 aromatic heterocycles. The topological polar surface area (TPSA) is 82.4 Å². The van der Waals surface area contributed by atoms with Gasteiger partial charge < -0.3 is 14.9 Å². The van der Waals surface area contributed by atoms with Crippen LogP contribution in [-0.4, -0.2) is 34.0 Å². The molecule has 0 fully saturated rings. The van der Waals surface area contributed by atoms with E-state index < -0.39 is 5.72 Å². The summed E-state index contributed by atoms with van der Waals surface area (Å²) in [6, 6.07) is 13.9. The standard InChI is InChI=1S/C20H22N2O4/c1-14-13-20(25,16-8-10-17(26-2)11-9-16)22(21-14)19(24)12-7-15-5-3-4-6-18(15)23/h3-6,8-11,23,25H,7,12-13H2,1-2H3/t20-/m1/s1. The highest BCUT2D eigenvalue weighted by atomic mass is 16.5. The number of aromatic hydroxyl groups is 1. The highest BCUT2D eigenvalue weighted by Gasteiger charge is 2.44. The highest BCUT2D eigenvalue weighted by molar-refractivity contribution is 5.89. The van der Waals surface area contributed by atoms with E-state index in [1.54, 1.807) is 56.5 Å². The number of rotatable bonds is 5. The largest absolute Gasteiger partial charge is 0.508 e.